The van der Waals surface area contributed by atoms with Crippen molar-refractivity contribution in [1.29, 1.82) is 0 Å². The Morgan fingerprint density at radius 3 is 2.68 bits per heavy atom. The van der Waals surface area contributed by atoms with Crippen molar-refractivity contribution in [3.05, 3.63) is 58.1 Å². The van der Waals surface area contributed by atoms with E-state index in [0.29, 0.717) is 5.56 Å². The highest BCUT2D eigenvalue weighted by molar-refractivity contribution is 5.91. The van der Waals surface area contributed by atoms with Gasteiger partial charge in [-0.15, -0.1) is 0 Å². The summed E-state index contributed by atoms with van der Waals surface area (Å²) in [7, 11) is 0. The van der Waals surface area contributed by atoms with Gasteiger partial charge in [0.1, 0.15) is 5.52 Å². The molecule has 0 atom stereocenters. The zero-order valence-corrected chi connectivity index (χ0v) is 10.9. The minimum atomic E-state index is -0.751. The predicted molar refractivity (Wildman–Crippen MR) is 73.7 cm³/mol. The molecule has 0 spiro atoms. The molecule has 0 aliphatic carbocycles. The van der Waals surface area contributed by atoms with Crippen LogP contribution in [0, 0.1) is 10.1 Å². The Kier molecular flexibility index (Phi) is 3.18. The lowest BCUT2D eigenvalue weighted by Crippen LogP contribution is -2.08. The van der Waals surface area contributed by atoms with E-state index in [2.05, 4.69) is 4.98 Å². The summed E-state index contributed by atoms with van der Waals surface area (Å²) in [4.78, 5) is 25.7. The lowest BCUT2D eigenvalue weighted by molar-refractivity contribution is -0.385. The van der Waals surface area contributed by atoms with Crippen molar-refractivity contribution in [3.8, 4) is 11.8 Å². The van der Waals surface area contributed by atoms with Crippen molar-refractivity contribution in [1.82, 2.24) is 4.98 Å². The van der Waals surface area contributed by atoms with Gasteiger partial charge in [0.2, 0.25) is 0 Å². The van der Waals surface area contributed by atoms with Crippen molar-refractivity contribution in [2.24, 2.45) is 0 Å². The van der Waals surface area contributed by atoms with Crippen LogP contribution in [0.1, 0.15) is 10.4 Å². The Balaban J connectivity index is 1.92. The minimum Gasteiger partial charge on any atom is -0.502 e. The number of carbonyl (C=O) groups is 1. The fourth-order valence-electron chi connectivity index (χ4n) is 1.83. The van der Waals surface area contributed by atoms with Crippen molar-refractivity contribution in [2.45, 2.75) is 0 Å². The maximum Gasteiger partial charge on any atom is 0.402 e. The molecule has 3 rings (SSSR count). The molecule has 22 heavy (non-hydrogen) atoms. The zero-order chi connectivity index (χ0) is 15.7. The second-order valence-electron chi connectivity index (χ2n) is 4.30. The molecule has 0 radical (unpaired) electrons. The molecule has 1 aromatic heterocycles. The summed E-state index contributed by atoms with van der Waals surface area (Å²) in [6.45, 7) is 0. The third-order valence-corrected chi connectivity index (χ3v) is 2.85. The molecule has 110 valence electrons. The maximum atomic E-state index is 11.9. The van der Waals surface area contributed by atoms with Crippen LogP contribution in [-0.4, -0.2) is 21.0 Å². The van der Waals surface area contributed by atoms with Gasteiger partial charge in [0.15, 0.2) is 11.3 Å². The van der Waals surface area contributed by atoms with Gasteiger partial charge in [0.05, 0.1) is 10.5 Å². The number of benzene rings is 2. The van der Waals surface area contributed by atoms with Crippen molar-refractivity contribution >= 4 is 22.8 Å². The molecule has 0 amide bonds. The van der Waals surface area contributed by atoms with E-state index in [1.807, 2.05) is 0 Å². The standard InChI is InChI=1S/C14H8N2O6/c17-11-7-12-9(6-10(11)16(19)20)15-14(21-12)22-13(18)8-4-2-1-3-5-8/h1-7,17H. The smallest absolute Gasteiger partial charge is 0.402 e. The molecule has 0 unspecified atom stereocenters. The molecule has 2 aromatic carbocycles. The highest BCUT2D eigenvalue weighted by atomic mass is 16.6. The molecule has 0 fully saturated rings. The number of nitrogens with zero attached hydrogens (tertiary/aromatic N) is 2. The molecule has 0 saturated heterocycles. The maximum absolute atomic E-state index is 11.9. The van der Waals surface area contributed by atoms with Gasteiger partial charge in [-0.1, -0.05) is 18.2 Å². The Morgan fingerprint density at radius 2 is 2.00 bits per heavy atom. The molecule has 8 heteroatoms. The zero-order valence-electron chi connectivity index (χ0n) is 10.9. The van der Waals surface area contributed by atoms with Crippen LogP contribution >= 0.6 is 0 Å². The van der Waals surface area contributed by atoms with E-state index in [0.717, 1.165) is 12.1 Å². The van der Waals surface area contributed by atoms with Crippen LogP contribution in [-0.2, 0) is 0 Å². The van der Waals surface area contributed by atoms with Gasteiger partial charge in [0, 0.05) is 12.1 Å². The van der Waals surface area contributed by atoms with E-state index < -0.39 is 22.3 Å². The van der Waals surface area contributed by atoms with E-state index in [9.17, 15) is 20.0 Å². The minimum absolute atomic E-state index is 0.0685. The number of nitro groups is 1. The Bertz CT molecular complexity index is 872. The number of hydrogen-bond donors (Lipinski definition) is 1. The fraction of sp³-hybridized carbons (Fsp3) is 0. The normalized spacial score (nSPS) is 10.5. The first-order chi connectivity index (χ1) is 10.5. The number of phenols is 1. The lowest BCUT2D eigenvalue weighted by atomic mass is 10.2. The quantitative estimate of drug-likeness (QED) is 0.449. The Labute approximate surface area is 122 Å². The van der Waals surface area contributed by atoms with Gasteiger partial charge >= 0.3 is 17.7 Å². The first kappa shape index (κ1) is 13.6. The van der Waals surface area contributed by atoms with E-state index in [4.69, 9.17) is 9.15 Å². The van der Waals surface area contributed by atoms with Crippen LogP contribution < -0.4 is 4.74 Å². The molecule has 0 aliphatic rings. The average Bonchev–Trinajstić information content (AvgIpc) is 2.88. The number of rotatable bonds is 3. The number of esters is 1. The molecular weight excluding hydrogens is 292 g/mol. The number of phenolic OH excluding ortho intramolecular Hbond substituents is 1. The molecule has 0 bridgehead atoms. The molecule has 0 saturated carbocycles. The molecule has 0 aliphatic heterocycles. The SMILES string of the molecule is O=C(Oc1nc2cc([N+](=O)[O-])c(O)cc2o1)c1ccccc1. The van der Waals surface area contributed by atoms with Gasteiger partial charge in [-0.25, -0.2) is 4.79 Å². The fourth-order valence-corrected chi connectivity index (χ4v) is 1.83. The molecule has 3 aromatic rings. The number of carbonyl (C=O) groups excluding carboxylic acids is 1. The van der Waals surface area contributed by atoms with Gasteiger partial charge in [-0.2, -0.15) is 4.98 Å². The predicted octanol–water partition coefficient (Wildman–Crippen LogP) is 2.66. The number of ether oxygens (including phenoxy) is 1. The van der Waals surface area contributed by atoms with E-state index in [-0.39, 0.29) is 17.2 Å². The van der Waals surface area contributed by atoms with E-state index >= 15 is 0 Å². The number of nitro benzene ring substituents is 1. The molecule has 1 N–H and O–H groups in total. The van der Waals surface area contributed by atoms with Crippen molar-refractivity contribution < 1.29 is 24.0 Å². The van der Waals surface area contributed by atoms with Crippen LogP contribution in [0.2, 0.25) is 0 Å². The summed E-state index contributed by atoms with van der Waals surface area (Å²) >= 11 is 0. The van der Waals surface area contributed by atoms with Crippen LogP contribution in [0.3, 0.4) is 0 Å². The first-order valence-corrected chi connectivity index (χ1v) is 6.10. The average molecular weight is 300 g/mol. The van der Waals surface area contributed by atoms with Crippen LogP contribution in [0.4, 0.5) is 5.69 Å². The summed E-state index contributed by atoms with van der Waals surface area (Å²) in [5.41, 5.74) is -0.0420. The first-order valence-electron chi connectivity index (χ1n) is 6.10. The van der Waals surface area contributed by atoms with Crippen LogP contribution in [0.5, 0.6) is 11.8 Å². The summed E-state index contributed by atoms with van der Waals surface area (Å²) in [5.74, 6) is -1.24. The van der Waals surface area contributed by atoms with E-state index in [1.54, 1.807) is 30.3 Å². The molecule has 1 heterocycles. The number of aromatic hydroxyl groups is 1. The van der Waals surface area contributed by atoms with Gasteiger partial charge < -0.3 is 14.3 Å². The number of hydrogen-bond acceptors (Lipinski definition) is 7. The largest absolute Gasteiger partial charge is 0.502 e. The highest BCUT2D eigenvalue weighted by Gasteiger charge is 2.19. The third-order valence-electron chi connectivity index (χ3n) is 2.85. The second-order valence-corrected chi connectivity index (χ2v) is 4.30. The van der Waals surface area contributed by atoms with Gasteiger partial charge in [-0.3, -0.25) is 10.1 Å². The van der Waals surface area contributed by atoms with Crippen LogP contribution in [0.15, 0.2) is 46.9 Å². The summed E-state index contributed by atoms with van der Waals surface area (Å²) < 4.78 is 10.1. The molecule has 8 nitrogen and oxygen atoms in total. The highest BCUT2D eigenvalue weighted by Crippen LogP contribution is 2.32. The van der Waals surface area contributed by atoms with Crippen molar-refractivity contribution in [2.75, 3.05) is 0 Å². The van der Waals surface area contributed by atoms with Gasteiger partial charge in [0.25, 0.3) is 0 Å². The Morgan fingerprint density at radius 1 is 1.27 bits per heavy atom. The summed E-state index contributed by atoms with van der Waals surface area (Å²) in [6.07, 6.45) is -0.358. The summed E-state index contributed by atoms with van der Waals surface area (Å²) in [6, 6.07) is 10.3. The lowest BCUT2D eigenvalue weighted by Gasteiger charge is -1.98. The Hall–Kier alpha value is -3.42. The topological polar surface area (TPSA) is 116 Å². The monoisotopic (exact) mass is 300 g/mol. The number of aromatic nitrogens is 1. The van der Waals surface area contributed by atoms with Gasteiger partial charge in [-0.05, 0) is 12.1 Å². The molecular formula is C14H8N2O6. The second kappa shape index (κ2) is 5.17. The van der Waals surface area contributed by atoms with E-state index in [1.165, 1.54) is 0 Å². The number of fused-ring (bicyclic) bond motifs is 1. The summed E-state index contributed by atoms with van der Waals surface area (Å²) in [5, 5.41) is 20.2. The van der Waals surface area contributed by atoms with Crippen molar-refractivity contribution in [3.63, 3.8) is 0 Å². The number of oxazole rings is 1. The third kappa shape index (κ3) is 2.44. The van der Waals surface area contributed by atoms with Crippen LogP contribution in [0.25, 0.3) is 11.1 Å².